The van der Waals surface area contributed by atoms with Crippen molar-refractivity contribution in [1.29, 1.82) is 0 Å². The first-order valence-corrected chi connectivity index (χ1v) is 4.40. The molecule has 0 bridgehead atoms. The Kier molecular flexibility index (Phi) is 18.8. The van der Waals surface area contributed by atoms with Crippen LogP contribution in [0.4, 0.5) is 0 Å². The van der Waals surface area contributed by atoms with Crippen LogP contribution in [0.25, 0.3) is 0 Å². The van der Waals surface area contributed by atoms with Crippen molar-refractivity contribution in [2.75, 3.05) is 0 Å². The summed E-state index contributed by atoms with van der Waals surface area (Å²) in [6.07, 6.45) is 2.70. The topological polar surface area (TPSA) is 40.1 Å². The maximum Gasteiger partial charge on any atom is 1.00 e. The summed E-state index contributed by atoms with van der Waals surface area (Å²) in [5, 5.41) is 11.0. The number of ketones is 1. The van der Waals surface area contributed by atoms with Gasteiger partial charge in [0.05, 0.1) is 0 Å². The molecule has 0 heterocycles. The van der Waals surface area contributed by atoms with E-state index in [1.54, 1.807) is 0 Å². The van der Waals surface area contributed by atoms with Gasteiger partial charge in [0.25, 0.3) is 0 Å². The minimum atomic E-state index is -0.949. The first-order chi connectivity index (χ1) is 5.22. The van der Waals surface area contributed by atoms with Gasteiger partial charge in [-0.3, -0.25) is 0 Å². The summed E-state index contributed by atoms with van der Waals surface area (Å²) >= 11 is 0. The first-order valence-electron chi connectivity index (χ1n) is 4.40. The fourth-order valence-electron chi connectivity index (χ4n) is 0.958. The number of hydrogen-bond donors (Lipinski definition) is 0. The molecule has 0 aliphatic carbocycles. The third kappa shape index (κ3) is 10.6. The molecule has 0 N–H and O–H groups in total. The van der Waals surface area contributed by atoms with Crippen LogP contribution in [0.3, 0.4) is 0 Å². The van der Waals surface area contributed by atoms with Gasteiger partial charge in [-0.25, -0.2) is 0 Å². The molecule has 0 aromatic heterocycles. The zero-order valence-electron chi connectivity index (χ0n) is 9.01. The summed E-state index contributed by atoms with van der Waals surface area (Å²) in [5.74, 6) is -0.110. The van der Waals surface area contributed by atoms with E-state index >= 15 is 0 Å². The second kappa shape index (κ2) is 12.7. The monoisotopic (exact) mass is 191 g/mol. The molecule has 0 rings (SSSR count). The van der Waals surface area contributed by atoms with Gasteiger partial charge in [-0.1, -0.05) is 39.2 Å². The van der Waals surface area contributed by atoms with Crippen molar-refractivity contribution < 1.29 is 39.5 Å². The van der Waals surface area contributed by atoms with Gasteiger partial charge in [0.15, 0.2) is 0 Å². The third-order valence-electron chi connectivity index (χ3n) is 1.68. The van der Waals surface area contributed by atoms with Gasteiger partial charge in [0.2, 0.25) is 0 Å². The average Bonchev–Trinajstić information content (AvgIpc) is 2.00. The van der Waals surface area contributed by atoms with Gasteiger partial charge in [-0.15, -0.1) is 0 Å². The van der Waals surface area contributed by atoms with Crippen molar-refractivity contribution in [3.05, 3.63) is 0 Å². The van der Waals surface area contributed by atoms with Crippen molar-refractivity contribution in [2.45, 2.75) is 52.1 Å². The summed E-state index contributed by atoms with van der Waals surface area (Å²) in [7, 11) is 0. The van der Waals surface area contributed by atoms with Crippen LogP contribution in [0.15, 0.2) is 0 Å². The molecule has 0 aliphatic heterocycles. The SMILES string of the molecule is CCCCC([O-])C(=O)CCC.[B].[Na+]. The summed E-state index contributed by atoms with van der Waals surface area (Å²) < 4.78 is 0. The number of carbonyl (C=O) groups excluding carboxylic acids is 1. The van der Waals surface area contributed by atoms with Crippen LogP contribution in [0, 0.1) is 0 Å². The van der Waals surface area contributed by atoms with E-state index in [9.17, 15) is 9.90 Å². The number of unbranched alkanes of at least 4 members (excludes halogenated alkanes) is 1. The van der Waals surface area contributed by atoms with Crippen LogP contribution in [0.1, 0.15) is 46.0 Å². The van der Waals surface area contributed by atoms with Gasteiger partial charge >= 0.3 is 29.6 Å². The summed E-state index contributed by atoms with van der Waals surface area (Å²) in [6, 6.07) is 0. The second-order valence-electron chi connectivity index (χ2n) is 2.85. The van der Waals surface area contributed by atoms with Gasteiger partial charge in [-0.2, -0.15) is 0 Å². The van der Waals surface area contributed by atoms with Gasteiger partial charge in [0.1, 0.15) is 5.78 Å². The van der Waals surface area contributed by atoms with E-state index in [-0.39, 0.29) is 43.8 Å². The summed E-state index contributed by atoms with van der Waals surface area (Å²) in [4.78, 5) is 10.9. The number of carbonyl (C=O) groups is 1. The second-order valence-corrected chi connectivity index (χ2v) is 2.85. The Hall–Kier alpha value is 0.695. The van der Waals surface area contributed by atoms with Crippen molar-refractivity contribution >= 4 is 14.2 Å². The molecule has 0 aromatic rings. The predicted molar refractivity (Wildman–Crippen MR) is 49.0 cm³/mol. The van der Waals surface area contributed by atoms with Crippen LogP contribution in [-0.2, 0) is 4.79 Å². The molecule has 4 heteroatoms. The minimum Gasteiger partial charge on any atom is -0.846 e. The molecule has 1 unspecified atom stereocenters. The quantitative estimate of drug-likeness (QED) is 0.451. The Morgan fingerprint density at radius 3 is 2.23 bits per heavy atom. The molecule has 13 heavy (non-hydrogen) atoms. The van der Waals surface area contributed by atoms with E-state index in [1.807, 2.05) is 13.8 Å². The fourth-order valence-corrected chi connectivity index (χ4v) is 0.958. The minimum absolute atomic E-state index is 0. The molecule has 1 atom stereocenters. The van der Waals surface area contributed by atoms with Gasteiger partial charge in [0, 0.05) is 14.8 Å². The number of hydrogen-bond acceptors (Lipinski definition) is 2. The molecule has 0 amide bonds. The third-order valence-corrected chi connectivity index (χ3v) is 1.68. The van der Waals surface area contributed by atoms with Crippen LogP contribution in [0.2, 0.25) is 0 Å². The molecule has 0 aliphatic rings. The molecular formula is C9H17BNaO2. The molecule has 2 nitrogen and oxygen atoms in total. The Balaban J connectivity index is -0.000000500. The molecular weight excluding hydrogens is 174 g/mol. The van der Waals surface area contributed by atoms with Crippen molar-refractivity contribution in [3.63, 3.8) is 0 Å². The fraction of sp³-hybridized carbons (Fsp3) is 0.889. The van der Waals surface area contributed by atoms with E-state index in [0.717, 1.165) is 19.3 Å². The van der Waals surface area contributed by atoms with E-state index < -0.39 is 6.10 Å². The average molecular weight is 191 g/mol. The number of rotatable bonds is 6. The zero-order valence-corrected chi connectivity index (χ0v) is 11.0. The van der Waals surface area contributed by atoms with Crippen molar-refractivity contribution in [3.8, 4) is 0 Å². The van der Waals surface area contributed by atoms with Crippen LogP contribution in [0.5, 0.6) is 0 Å². The molecule has 0 spiro atoms. The Morgan fingerprint density at radius 2 is 1.85 bits per heavy atom. The van der Waals surface area contributed by atoms with Gasteiger partial charge < -0.3 is 9.90 Å². The molecule has 0 fully saturated rings. The summed E-state index contributed by atoms with van der Waals surface area (Å²) in [6.45, 7) is 3.95. The van der Waals surface area contributed by atoms with Crippen molar-refractivity contribution in [1.82, 2.24) is 0 Å². The standard InChI is InChI=1S/C9H17O2.B.Na/c1-3-5-7-9(11)8(10)6-4-2;;/h9H,3-7H2,1-2H3;;/q-1;;+1. The van der Waals surface area contributed by atoms with Gasteiger partial charge in [-0.05, 0) is 6.42 Å². The Labute approximate surface area is 105 Å². The molecule has 3 radical (unpaired) electrons. The Morgan fingerprint density at radius 1 is 1.31 bits per heavy atom. The molecule has 69 valence electrons. The van der Waals surface area contributed by atoms with Crippen LogP contribution in [-0.4, -0.2) is 20.3 Å². The van der Waals surface area contributed by atoms with E-state index in [1.165, 1.54) is 0 Å². The first kappa shape index (κ1) is 19.3. The summed E-state index contributed by atoms with van der Waals surface area (Å²) in [5.41, 5.74) is 0. The van der Waals surface area contributed by atoms with E-state index in [2.05, 4.69) is 0 Å². The van der Waals surface area contributed by atoms with E-state index in [0.29, 0.717) is 12.8 Å². The molecule has 0 saturated carbocycles. The van der Waals surface area contributed by atoms with E-state index in [4.69, 9.17) is 0 Å². The van der Waals surface area contributed by atoms with Crippen molar-refractivity contribution in [2.24, 2.45) is 0 Å². The molecule has 0 aromatic carbocycles. The number of Topliss-reactive ketones (excluding diaryl/α,β-unsaturated/α-hetero) is 1. The molecule has 0 saturated heterocycles. The maximum absolute atomic E-state index is 11.0. The largest absolute Gasteiger partial charge is 1.00 e. The van der Waals surface area contributed by atoms with Crippen LogP contribution < -0.4 is 34.7 Å². The smallest absolute Gasteiger partial charge is 0.846 e. The normalized spacial score (nSPS) is 11.0. The maximum atomic E-state index is 11.0. The zero-order chi connectivity index (χ0) is 8.69. The Bertz CT molecular complexity index is 120. The predicted octanol–water partition coefficient (Wildman–Crippen LogP) is -2.10. The van der Waals surface area contributed by atoms with Crippen LogP contribution >= 0.6 is 0 Å².